The predicted molar refractivity (Wildman–Crippen MR) is 115 cm³/mol. The molecule has 0 radical (unpaired) electrons. The highest BCUT2D eigenvalue weighted by Gasteiger charge is 2.34. The maximum atomic E-state index is 13.1. The van der Waals surface area contributed by atoms with Gasteiger partial charge in [-0.1, -0.05) is 30.7 Å². The van der Waals surface area contributed by atoms with Crippen molar-refractivity contribution in [2.24, 2.45) is 0 Å². The average molecular weight is 457 g/mol. The van der Waals surface area contributed by atoms with Crippen molar-refractivity contribution in [1.82, 2.24) is 9.62 Å². The van der Waals surface area contributed by atoms with E-state index >= 15 is 0 Å². The first kappa shape index (κ1) is 22.2. The third-order valence-electron chi connectivity index (χ3n) is 5.28. The molecule has 1 aromatic heterocycles. The molecule has 0 amide bonds. The topological polar surface area (TPSA) is 75.7 Å². The number of carbonyl (C=O) groups is 1. The van der Waals surface area contributed by atoms with Crippen molar-refractivity contribution in [2.75, 3.05) is 13.7 Å². The van der Waals surface area contributed by atoms with Crippen LogP contribution in [0.2, 0.25) is 5.02 Å². The molecule has 29 heavy (non-hydrogen) atoms. The summed E-state index contributed by atoms with van der Waals surface area (Å²) >= 11 is 7.05. The van der Waals surface area contributed by atoms with Crippen LogP contribution in [0.25, 0.3) is 0 Å². The van der Waals surface area contributed by atoms with E-state index in [2.05, 4.69) is 23.5 Å². The molecule has 1 aromatic carbocycles. The summed E-state index contributed by atoms with van der Waals surface area (Å²) in [7, 11) is -2.60. The Labute approximate surface area is 180 Å². The zero-order valence-corrected chi connectivity index (χ0v) is 19.1. The van der Waals surface area contributed by atoms with Gasteiger partial charge >= 0.3 is 5.97 Å². The number of thiophene rings is 1. The molecule has 158 valence electrons. The second-order valence-electron chi connectivity index (χ2n) is 7.09. The van der Waals surface area contributed by atoms with Crippen molar-refractivity contribution in [1.29, 1.82) is 0 Å². The standard InChI is InChI=1S/C20H25ClN2O4S2/c1-4-13(2)23-10-9-16-17(12-23)28-20(18(16)19(24)27-3)29(25,26)22-11-14-5-7-15(21)8-6-14/h5-8,13,22H,4,9-12H2,1-3H3. The number of halogens is 1. The van der Waals surface area contributed by atoms with Crippen LogP contribution in [0, 0.1) is 0 Å². The van der Waals surface area contributed by atoms with E-state index in [0.717, 1.165) is 29.0 Å². The van der Waals surface area contributed by atoms with Crippen LogP contribution in [0.4, 0.5) is 0 Å². The minimum Gasteiger partial charge on any atom is -0.465 e. The number of ether oxygens (including phenoxy) is 1. The molecule has 0 saturated heterocycles. The fourth-order valence-electron chi connectivity index (χ4n) is 3.38. The Morgan fingerprint density at radius 2 is 2.03 bits per heavy atom. The summed E-state index contributed by atoms with van der Waals surface area (Å²) in [5.41, 5.74) is 1.76. The zero-order chi connectivity index (χ0) is 21.2. The van der Waals surface area contributed by atoms with Crippen molar-refractivity contribution in [3.05, 3.63) is 50.9 Å². The van der Waals surface area contributed by atoms with E-state index in [4.69, 9.17) is 16.3 Å². The van der Waals surface area contributed by atoms with Gasteiger partial charge in [0.05, 0.1) is 12.7 Å². The number of esters is 1. The van der Waals surface area contributed by atoms with Crippen LogP contribution in [0.1, 0.15) is 46.6 Å². The van der Waals surface area contributed by atoms with E-state index in [0.29, 0.717) is 24.0 Å². The highest BCUT2D eigenvalue weighted by Crippen LogP contribution is 2.37. The molecule has 1 N–H and O–H groups in total. The Bertz CT molecular complexity index is 987. The lowest BCUT2D eigenvalue weighted by Crippen LogP contribution is -2.37. The van der Waals surface area contributed by atoms with E-state index in [9.17, 15) is 13.2 Å². The zero-order valence-electron chi connectivity index (χ0n) is 16.7. The van der Waals surface area contributed by atoms with Crippen molar-refractivity contribution >= 4 is 38.9 Å². The van der Waals surface area contributed by atoms with Crippen LogP contribution in [-0.4, -0.2) is 39.0 Å². The summed E-state index contributed by atoms with van der Waals surface area (Å²) in [4.78, 5) is 15.7. The Hall–Kier alpha value is -1.45. The molecule has 1 atom stereocenters. The monoisotopic (exact) mass is 456 g/mol. The Kier molecular flexibility index (Phi) is 7.01. The van der Waals surface area contributed by atoms with Gasteiger partial charge in [-0.15, -0.1) is 11.3 Å². The van der Waals surface area contributed by atoms with Gasteiger partial charge in [0.15, 0.2) is 0 Å². The van der Waals surface area contributed by atoms with E-state index in [1.165, 1.54) is 18.4 Å². The van der Waals surface area contributed by atoms with Crippen LogP contribution < -0.4 is 4.72 Å². The number of fused-ring (bicyclic) bond motifs is 1. The molecular formula is C20H25ClN2O4S2. The van der Waals surface area contributed by atoms with Crippen LogP contribution in [0.15, 0.2) is 28.5 Å². The normalized spacial score (nSPS) is 15.7. The van der Waals surface area contributed by atoms with Gasteiger partial charge in [0.25, 0.3) is 10.0 Å². The highest BCUT2D eigenvalue weighted by molar-refractivity contribution is 7.91. The highest BCUT2D eigenvalue weighted by atomic mass is 35.5. The molecule has 2 aromatic rings. The summed E-state index contributed by atoms with van der Waals surface area (Å²) in [6.07, 6.45) is 1.64. The second-order valence-corrected chi connectivity index (χ2v) is 10.6. The largest absolute Gasteiger partial charge is 0.465 e. The lowest BCUT2D eigenvalue weighted by Gasteiger charge is -2.31. The smallest absolute Gasteiger partial charge is 0.340 e. The summed E-state index contributed by atoms with van der Waals surface area (Å²) in [6, 6.07) is 7.33. The third kappa shape index (κ3) is 4.83. The number of rotatable bonds is 7. The van der Waals surface area contributed by atoms with Crippen LogP contribution in [0.3, 0.4) is 0 Å². The predicted octanol–water partition coefficient (Wildman–Crippen LogP) is 3.82. The second kappa shape index (κ2) is 9.14. The number of hydrogen-bond donors (Lipinski definition) is 1. The van der Waals surface area contributed by atoms with E-state index in [-0.39, 0.29) is 16.3 Å². The molecule has 0 bridgehead atoms. The molecule has 1 unspecified atom stereocenters. The van der Waals surface area contributed by atoms with Gasteiger partial charge in [0.2, 0.25) is 0 Å². The van der Waals surface area contributed by atoms with Gasteiger partial charge < -0.3 is 4.74 Å². The third-order valence-corrected chi connectivity index (χ3v) is 8.67. The van der Waals surface area contributed by atoms with Crippen LogP contribution in [0.5, 0.6) is 0 Å². The summed E-state index contributed by atoms with van der Waals surface area (Å²) in [6.45, 7) is 5.84. The quantitative estimate of drug-likeness (QED) is 0.641. The number of benzene rings is 1. The Morgan fingerprint density at radius 3 is 2.66 bits per heavy atom. The molecule has 2 heterocycles. The molecule has 9 heteroatoms. The minimum atomic E-state index is -3.88. The molecule has 1 aliphatic heterocycles. The number of hydrogen-bond acceptors (Lipinski definition) is 6. The Balaban J connectivity index is 1.92. The maximum Gasteiger partial charge on any atom is 0.340 e. The summed E-state index contributed by atoms with van der Waals surface area (Å²) < 4.78 is 33.7. The molecule has 0 aliphatic carbocycles. The molecule has 3 rings (SSSR count). The number of sulfonamides is 1. The van der Waals surface area contributed by atoms with Crippen molar-refractivity contribution in [3.8, 4) is 0 Å². The van der Waals surface area contributed by atoms with E-state index in [1.807, 2.05) is 0 Å². The van der Waals surface area contributed by atoms with Gasteiger partial charge in [0.1, 0.15) is 4.21 Å². The first-order chi connectivity index (χ1) is 13.8. The van der Waals surface area contributed by atoms with E-state index < -0.39 is 16.0 Å². The van der Waals surface area contributed by atoms with Crippen molar-refractivity contribution in [3.63, 3.8) is 0 Å². The number of methoxy groups -OCH3 is 1. The van der Waals surface area contributed by atoms with Gasteiger partial charge in [-0.3, -0.25) is 4.90 Å². The lowest BCUT2D eigenvalue weighted by molar-refractivity contribution is 0.0595. The van der Waals surface area contributed by atoms with Gasteiger partial charge in [-0.05, 0) is 43.0 Å². The average Bonchev–Trinajstić information content (AvgIpc) is 3.12. The van der Waals surface area contributed by atoms with Crippen LogP contribution >= 0.6 is 22.9 Å². The molecule has 6 nitrogen and oxygen atoms in total. The fourth-order valence-corrected chi connectivity index (χ4v) is 6.47. The van der Waals surface area contributed by atoms with Gasteiger partial charge in [-0.2, -0.15) is 0 Å². The van der Waals surface area contributed by atoms with Crippen LogP contribution in [-0.2, 0) is 34.3 Å². The SMILES string of the molecule is CCC(C)N1CCc2c(sc(S(=O)(=O)NCc3ccc(Cl)cc3)c2C(=O)OC)C1. The molecule has 1 aliphatic rings. The first-order valence-corrected chi connectivity index (χ1v) is 12.2. The summed E-state index contributed by atoms with van der Waals surface area (Å²) in [5, 5.41) is 0.585. The molecule has 0 saturated carbocycles. The van der Waals surface area contributed by atoms with E-state index in [1.54, 1.807) is 24.3 Å². The molecule has 0 spiro atoms. The Morgan fingerprint density at radius 1 is 1.34 bits per heavy atom. The maximum absolute atomic E-state index is 13.1. The number of carbonyl (C=O) groups excluding carboxylic acids is 1. The van der Waals surface area contributed by atoms with Gasteiger partial charge in [0, 0.05) is 35.6 Å². The summed E-state index contributed by atoms with van der Waals surface area (Å²) in [5.74, 6) is -0.605. The first-order valence-electron chi connectivity index (χ1n) is 9.47. The minimum absolute atomic E-state index is 0.0364. The van der Waals surface area contributed by atoms with Gasteiger partial charge in [-0.25, -0.2) is 17.9 Å². The fraction of sp³-hybridized carbons (Fsp3) is 0.450. The van der Waals surface area contributed by atoms with Crippen molar-refractivity contribution < 1.29 is 17.9 Å². The lowest BCUT2D eigenvalue weighted by atomic mass is 10.0. The van der Waals surface area contributed by atoms with Crippen molar-refractivity contribution in [2.45, 2.75) is 50.0 Å². The molecule has 0 fully saturated rings. The number of nitrogens with zero attached hydrogens (tertiary/aromatic N) is 1. The molecular weight excluding hydrogens is 432 g/mol. The number of nitrogens with one attached hydrogen (secondary N) is 1.